The minimum atomic E-state index is 0.161. The molecule has 1 aromatic heterocycles. The topological polar surface area (TPSA) is 59.2 Å². The molecule has 1 atom stereocenters. The molecule has 1 aromatic carbocycles. The SMILES string of the molecule is C=CC1CC(=O)N(Cc2cccc3nonc23)C1. The van der Waals surface area contributed by atoms with Gasteiger partial charge in [-0.15, -0.1) is 6.58 Å². The fraction of sp³-hybridized carbons (Fsp3) is 0.308. The first-order chi connectivity index (χ1) is 8.78. The maximum Gasteiger partial charge on any atom is 0.223 e. The van der Waals surface area contributed by atoms with E-state index in [2.05, 4.69) is 16.9 Å². The number of benzene rings is 1. The molecule has 1 saturated heterocycles. The van der Waals surface area contributed by atoms with Crippen LogP contribution in [0.5, 0.6) is 0 Å². The molecular weight excluding hydrogens is 230 g/mol. The Kier molecular flexibility index (Phi) is 2.59. The number of amides is 1. The molecule has 1 fully saturated rings. The van der Waals surface area contributed by atoms with Crippen molar-refractivity contribution in [2.45, 2.75) is 13.0 Å². The number of hydrogen-bond donors (Lipinski definition) is 0. The number of aromatic nitrogens is 2. The van der Waals surface area contributed by atoms with Crippen LogP contribution in [0.3, 0.4) is 0 Å². The zero-order valence-electron chi connectivity index (χ0n) is 9.87. The molecule has 0 N–H and O–H groups in total. The van der Waals surface area contributed by atoms with Crippen molar-refractivity contribution < 1.29 is 9.42 Å². The minimum Gasteiger partial charge on any atom is -0.338 e. The average Bonchev–Trinajstić information content (AvgIpc) is 2.97. The second-order valence-corrected chi connectivity index (χ2v) is 4.52. The van der Waals surface area contributed by atoms with Crippen molar-refractivity contribution in [2.75, 3.05) is 6.54 Å². The molecule has 92 valence electrons. The van der Waals surface area contributed by atoms with Gasteiger partial charge in [0, 0.05) is 31.0 Å². The van der Waals surface area contributed by atoms with Crippen molar-refractivity contribution in [3.8, 4) is 0 Å². The van der Waals surface area contributed by atoms with Gasteiger partial charge in [-0.3, -0.25) is 4.79 Å². The van der Waals surface area contributed by atoms with Crippen LogP contribution in [0.2, 0.25) is 0 Å². The van der Waals surface area contributed by atoms with Crippen molar-refractivity contribution in [1.82, 2.24) is 15.2 Å². The monoisotopic (exact) mass is 243 g/mol. The van der Waals surface area contributed by atoms with Crippen LogP contribution in [0, 0.1) is 5.92 Å². The van der Waals surface area contributed by atoms with E-state index in [0.717, 1.165) is 23.1 Å². The van der Waals surface area contributed by atoms with Gasteiger partial charge in [0.05, 0.1) is 0 Å². The Balaban J connectivity index is 1.86. The summed E-state index contributed by atoms with van der Waals surface area (Å²) in [5.41, 5.74) is 2.42. The highest BCUT2D eigenvalue weighted by atomic mass is 16.6. The predicted octanol–water partition coefficient (Wildman–Crippen LogP) is 1.76. The molecule has 0 spiro atoms. The van der Waals surface area contributed by atoms with Gasteiger partial charge in [0.25, 0.3) is 0 Å². The molecule has 2 heterocycles. The number of rotatable bonds is 3. The number of hydrogen-bond acceptors (Lipinski definition) is 4. The molecule has 1 unspecified atom stereocenters. The van der Waals surface area contributed by atoms with Gasteiger partial charge in [-0.1, -0.05) is 18.2 Å². The van der Waals surface area contributed by atoms with Gasteiger partial charge < -0.3 is 4.90 Å². The largest absolute Gasteiger partial charge is 0.338 e. The molecule has 2 aromatic rings. The summed E-state index contributed by atoms with van der Waals surface area (Å²) in [5.74, 6) is 0.417. The Morgan fingerprint density at radius 2 is 2.39 bits per heavy atom. The summed E-state index contributed by atoms with van der Waals surface area (Å²) in [6, 6.07) is 5.68. The highest BCUT2D eigenvalue weighted by Gasteiger charge is 2.28. The first kappa shape index (κ1) is 11.0. The van der Waals surface area contributed by atoms with E-state index in [1.54, 1.807) is 0 Å². The van der Waals surface area contributed by atoms with E-state index in [1.165, 1.54) is 0 Å². The Morgan fingerprint density at radius 1 is 1.50 bits per heavy atom. The molecule has 0 bridgehead atoms. The molecule has 3 rings (SSSR count). The first-order valence-corrected chi connectivity index (χ1v) is 5.88. The summed E-state index contributed by atoms with van der Waals surface area (Å²) in [7, 11) is 0. The van der Waals surface area contributed by atoms with Crippen LogP contribution in [0.1, 0.15) is 12.0 Å². The summed E-state index contributed by atoms with van der Waals surface area (Å²) in [6.07, 6.45) is 2.40. The van der Waals surface area contributed by atoms with E-state index in [-0.39, 0.29) is 11.8 Å². The maximum absolute atomic E-state index is 11.8. The molecule has 5 heteroatoms. The molecule has 0 aliphatic carbocycles. The number of nitrogens with zero attached hydrogens (tertiary/aromatic N) is 3. The number of carbonyl (C=O) groups excluding carboxylic acids is 1. The molecule has 0 saturated carbocycles. The molecule has 0 radical (unpaired) electrons. The summed E-state index contributed by atoms with van der Waals surface area (Å²) in [4.78, 5) is 13.7. The lowest BCUT2D eigenvalue weighted by atomic mass is 10.1. The van der Waals surface area contributed by atoms with Crippen molar-refractivity contribution in [1.29, 1.82) is 0 Å². The molecule has 18 heavy (non-hydrogen) atoms. The van der Waals surface area contributed by atoms with E-state index in [1.807, 2.05) is 29.2 Å². The van der Waals surface area contributed by atoms with E-state index >= 15 is 0 Å². The highest BCUT2D eigenvalue weighted by molar-refractivity contribution is 5.81. The van der Waals surface area contributed by atoms with Crippen molar-refractivity contribution in [2.24, 2.45) is 5.92 Å². The fourth-order valence-electron chi connectivity index (χ4n) is 2.31. The summed E-state index contributed by atoms with van der Waals surface area (Å²) >= 11 is 0. The van der Waals surface area contributed by atoms with Crippen molar-refractivity contribution in [3.05, 3.63) is 36.4 Å². The lowest BCUT2D eigenvalue weighted by Gasteiger charge is -2.15. The van der Waals surface area contributed by atoms with Gasteiger partial charge in [-0.05, 0) is 16.4 Å². The number of carbonyl (C=O) groups is 1. The van der Waals surface area contributed by atoms with Gasteiger partial charge in [0.1, 0.15) is 11.0 Å². The lowest BCUT2D eigenvalue weighted by molar-refractivity contribution is -0.128. The second-order valence-electron chi connectivity index (χ2n) is 4.52. The van der Waals surface area contributed by atoms with Gasteiger partial charge in [0.2, 0.25) is 5.91 Å². The Labute approximate surface area is 104 Å². The fourth-order valence-corrected chi connectivity index (χ4v) is 2.31. The first-order valence-electron chi connectivity index (χ1n) is 5.88. The number of likely N-dealkylation sites (tertiary alicyclic amines) is 1. The van der Waals surface area contributed by atoms with Crippen LogP contribution >= 0.6 is 0 Å². The normalized spacial score (nSPS) is 19.7. The second kappa shape index (κ2) is 4.25. The van der Waals surface area contributed by atoms with Gasteiger partial charge in [-0.25, -0.2) is 4.63 Å². The highest BCUT2D eigenvalue weighted by Crippen LogP contribution is 2.23. The van der Waals surface area contributed by atoms with Crippen LogP contribution in [-0.2, 0) is 11.3 Å². The molecule has 1 aliphatic heterocycles. The molecule has 1 amide bonds. The van der Waals surface area contributed by atoms with Crippen LogP contribution in [0.4, 0.5) is 0 Å². The predicted molar refractivity (Wildman–Crippen MR) is 65.5 cm³/mol. The van der Waals surface area contributed by atoms with Crippen LogP contribution in [0.15, 0.2) is 35.5 Å². The summed E-state index contributed by atoms with van der Waals surface area (Å²) < 4.78 is 4.72. The summed E-state index contributed by atoms with van der Waals surface area (Å²) in [5, 5.41) is 7.68. The third-order valence-electron chi connectivity index (χ3n) is 3.31. The van der Waals surface area contributed by atoms with Crippen molar-refractivity contribution in [3.63, 3.8) is 0 Å². The van der Waals surface area contributed by atoms with E-state index in [9.17, 15) is 4.79 Å². The Bertz CT molecular complexity index is 605. The van der Waals surface area contributed by atoms with E-state index < -0.39 is 0 Å². The van der Waals surface area contributed by atoms with Crippen LogP contribution in [-0.4, -0.2) is 27.7 Å². The minimum absolute atomic E-state index is 0.161. The van der Waals surface area contributed by atoms with Crippen molar-refractivity contribution >= 4 is 16.9 Å². The molecule has 1 aliphatic rings. The van der Waals surface area contributed by atoms with Gasteiger partial charge in [-0.2, -0.15) is 0 Å². The standard InChI is InChI=1S/C13H13N3O2/c1-2-9-6-12(17)16(7-9)8-10-4-3-5-11-13(10)15-18-14-11/h2-5,9H,1,6-8H2. The third kappa shape index (κ3) is 1.77. The van der Waals surface area contributed by atoms with Crippen LogP contribution < -0.4 is 0 Å². The quantitative estimate of drug-likeness (QED) is 0.771. The van der Waals surface area contributed by atoms with E-state index in [4.69, 9.17) is 4.63 Å². The molecular formula is C13H13N3O2. The Hall–Kier alpha value is -2.17. The number of fused-ring (bicyclic) bond motifs is 1. The third-order valence-corrected chi connectivity index (χ3v) is 3.31. The van der Waals surface area contributed by atoms with Gasteiger partial charge in [0.15, 0.2) is 0 Å². The summed E-state index contributed by atoms with van der Waals surface area (Å²) in [6.45, 7) is 5.02. The average molecular weight is 243 g/mol. The smallest absolute Gasteiger partial charge is 0.223 e. The zero-order valence-corrected chi connectivity index (χ0v) is 9.87. The van der Waals surface area contributed by atoms with Crippen LogP contribution in [0.25, 0.3) is 11.0 Å². The molecule has 5 nitrogen and oxygen atoms in total. The lowest BCUT2D eigenvalue weighted by Crippen LogP contribution is -2.24. The van der Waals surface area contributed by atoms with E-state index in [0.29, 0.717) is 13.0 Å². The Morgan fingerprint density at radius 3 is 3.17 bits per heavy atom. The van der Waals surface area contributed by atoms with Gasteiger partial charge >= 0.3 is 0 Å². The zero-order chi connectivity index (χ0) is 12.5. The maximum atomic E-state index is 11.8.